The number of carbonyl (C=O) groups is 1. The van der Waals surface area contributed by atoms with Gasteiger partial charge < -0.3 is 9.47 Å². The summed E-state index contributed by atoms with van der Waals surface area (Å²) in [5, 5.41) is 0.564. The van der Waals surface area contributed by atoms with Gasteiger partial charge in [-0.25, -0.2) is 4.79 Å². The molecular weight excluding hydrogens is 212 g/mol. The van der Waals surface area contributed by atoms with Crippen molar-refractivity contribution in [1.82, 2.24) is 0 Å². The van der Waals surface area contributed by atoms with Crippen LogP contribution in [0.5, 0.6) is 5.75 Å². The van der Waals surface area contributed by atoms with Crippen LogP contribution in [0.4, 0.5) is 0 Å². The third-order valence-electron chi connectivity index (χ3n) is 1.79. The van der Waals surface area contributed by atoms with Crippen LogP contribution in [0.3, 0.4) is 0 Å². The molecule has 2 rings (SSSR count). The molecule has 0 N–H and O–H groups in total. The molecule has 0 radical (unpaired) electrons. The Labute approximate surface area is 92.1 Å². The second-order valence-electron chi connectivity index (χ2n) is 2.87. The summed E-state index contributed by atoms with van der Waals surface area (Å²) in [5.41, 5.74) is 0. The molecule has 0 aliphatic carbocycles. The zero-order valence-electron chi connectivity index (χ0n) is 8.23. The average molecular weight is 222 g/mol. The molecule has 3 nitrogen and oxygen atoms in total. The van der Waals surface area contributed by atoms with Gasteiger partial charge in [-0.05, 0) is 30.8 Å². The van der Waals surface area contributed by atoms with Gasteiger partial charge in [-0.2, -0.15) is 0 Å². The second kappa shape index (κ2) is 4.40. The van der Waals surface area contributed by atoms with E-state index >= 15 is 0 Å². The molecular formula is C11H10O3S. The Balaban J connectivity index is 2.10. The third-order valence-corrected chi connectivity index (χ3v) is 2.75. The smallest absolute Gasteiger partial charge is 0.335 e. The number of rotatable bonds is 2. The van der Waals surface area contributed by atoms with Gasteiger partial charge in [0.2, 0.25) is 0 Å². The minimum Gasteiger partial charge on any atom is -0.463 e. The molecule has 1 aromatic rings. The quantitative estimate of drug-likeness (QED) is 0.569. The second-order valence-corrected chi connectivity index (χ2v) is 3.91. The van der Waals surface area contributed by atoms with Gasteiger partial charge in [-0.15, -0.1) is 0 Å². The van der Waals surface area contributed by atoms with Crippen molar-refractivity contribution in [2.24, 2.45) is 0 Å². The van der Waals surface area contributed by atoms with Gasteiger partial charge in [0, 0.05) is 0 Å². The van der Waals surface area contributed by atoms with E-state index < -0.39 is 0 Å². The number of ether oxygens (including phenoxy) is 2. The van der Waals surface area contributed by atoms with Crippen LogP contribution >= 0.6 is 11.8 Å². The highest BCUT2D eigenvalue weighted by molar-refractivity contribution is 8.03. The molecule has 0 atom stereocenters. The summed E-state index contributed by atoms with van der Waals surface area (Å²) in [7, 11) is 0. The number of esters is 1. The molecule has 1 aliphatic heterocycles. The molecule has 0 fully saturated rings. The van der Waals surface area contributed by atoms with Crippen molar-refractivity contribution in [2.75, 3.05) is 6.61 Å². The largest absolute Gasteiger partial charge is 0.463 e. The fourth-order valence-corrected chi connectivity index (χ4v) is 2.06. The van der Waals surface area contributed by atoms with E-state index in [4.69, 9.17) is 9.47 Å². The number of para-hydroxylation sites is 1. The standard InChI is InChI=1S/C11H10O3S/c1-2-13-10(12)7-11-14-8-5-3-4-6-9(8)15-11/h3-7H,2H2,1H3/b11-7-. The van der Waals surface area contributed by atoms with Crippen molar-refractivity contribution >= 4 is 17.7 Å². The van der Waals surface area contributed by atoms with E-state index in [-0.39, 0.29) is 5.97 Å². The number of benzene rings is 1. The lowest BCUT2D eigenvalue weighted by Gasteiger charge is -1.98. The zero-order valence-corrected chi connectivity index (χ0v) is 9.04. The van der Waals surface area contributed by atoms with Crippen molar-refractivity contribution in [1.29, 1.82) is 0 Å². The molecule has 1 aliphatic rings. The monoisotopic (exact) mass is 222 g/mol. The molecule has 0 unspecified atom stereocenters. The maximum absolute atomic E-state index is 11.2. The number of hydrogen-bond acceptors (Lipinski definition) is 4. The third kappa shape index (κ3) is 2.33. The van der Waals surface area contributed by atoms with Gasteiger partial charge >= 0.3 is 5.97 Å². The van der Waals surface area contributed by atoms with E-state index in [2.05, 4.69) is 0 Å². The minimum atomic E-state index is -0.368. The molecule has 0 saturated heterocycles. The maximum atomic E-state index is 11.2. The lowest BCUT2D eigenvalue weighted by molar-refractivity contribution is -0.137. The minimum absolute atomic E-state index is 0.368. The Bertz CT molecular complexity index is 385. The zero-order chi connectivity index (χ0) is 10.7. The van der Waals surface area contributed by atoms with Crippen LogP contribution in [0.25, 0.3) is 0 Å². The first-order valence-electron chi connectivity index (χ1n) is 4.63. The van der Waals surface area contributed by atoms with Crippen LogP contribution in [0, 0.1) is 0 Å². The van der Waals surface area contributed by atoms with E-state index in [9.17, 15) is 4.79 Å². The Hall–Kier alpha value is -1.42. The molecule has 0 saturated carbocycles. The van der Waals surface area contributed by atoms with Crippen LogP contribution in [0.2, 0.25) is 0 Å². The molecule has 15 heavy (non-hydrogen) atoms. The van der Waals surface area contributed by atoms with Gasteiger partial charge in [-0.3, -0.25) is 0 Å². The molecule has 4 heteroatoms. The predicted octanol–water partition coefficient (Wildman–Crippen LogP) is 2.58. The highest BCUT2D eigenvalue weighted by Gasteiger charge is 2.18. The average Bonchev–Trinajstić information content (AvgIpc) is 2.59. The molecule has 1 heterocycles. The summed E-state index contributed by atoms with van der Waals surface area (Å²) < 4.78 is 10.2. The molecule has 1 aromatic carbocycles. The first-order valence-corrected chi connectivity index (χ1v) is 5.44. The Morgan fingerprint density at radius 1 is 1.53 bits per heavy atom. The molecule has 0 aromatic heterocycles. The topological polar surface area (TPSA) is 35.5 Å². The molecule has 0 spiro atoms. The highest BCUT2D eigenvalue weighted by atomic mass is 32.2. The summed E-state index contributed by atoms with van der Waals surface area (Å²) in [4.78, 5) is 12.2. The summed E-state index contributed by atoms with van der Waals surface area (Å²) in [6.45, 7) is 2.15. The Kier molecular flexibility index (Phi) is 2.97. The number of thioether (sulfide) groups is 1. The molecule has 0 amide bonds. The van der Waals surface area contributed by atoms with Gasteiger partial charge in [0.1, 0.15) is 5.75 Å². The highest BCUT2D eigenvalue weighted by Crippen LogP contribution is 2.42. The summed E-state index contributed by atoms with van der Waals surface area (Å²) in [6, 6.07) is 7.65. The summed E-state index contributed by atoms with van der Waals surface area (Å²) in [5.74, 6) is 0.422. The van der Waals surface area contributed by atoms with Crippen LogP contribution in [0.1, 0.15) is 6.92 Å². The van der Waals surface area contributed by atoms with E-state index in [0.717, 1.165) is 10.6 Å². The normalized spacial score (nSPS) is 15.9. The van der Waals surface area contributed by atoms with Crippen molar-refractivity contribution in [3.05, 3.63) is 35.4 Å². The maximum Gasteiger partial charge on any atom is 0.335 e. The van der Waals surface area contributed by atoms with E-state index in [1.807, 2.05) is 24.3 Å². The molecule has 0 bridgehead atoms. The fraction of sp³-hybridized carbons (Fsp3) is 0.182. The SMILES string of the molecule is CCOC(=O)/C=C1/Oc2ccccc2S1. The van der Waals surface area contributed by atoms with Gasteiger partial charge in [-0.1, -0.05) is 12.1 Å². The van der Waals surface area contributed by atoms with Crippen molar-refractivity contribution < 1.29 is 14.3 Å². The van der Waals surface area contributed by atoms with Gasteiger partial charge in [0.25, 0.3) is 0 Å². The van der Waals surface area contributed by atoms with E-state index in [1.165, 1.54) is 17.8 Å². The van der Waals surface area contributed by atoms with E-state index in [0.29, 0.717) is 11.7 Å². The van der Waals surface area contributed by atoms with Crippen LogP contribution in [-0.2, 0) is 9.53 Å². The predicted molar refractivity (Wildman–Crippen MR) is 57.6 cm³/mol. The molecule has 78 valence electrons. The van der Waals surface area contributed by atoms with Crippen molar-refractivity contribution in [3.8, 4) is 5.75 Å². The number of hydrogen-bond donors (Lipinski definition) is 0. The van der Waals surface area contributed by atoms with Crippen LogP contribution < -0.4 is 4.74 Å². The Morgan fingerprint density at radius 2 is 2.33 bits per heavy atom. The summed E-state index contributed by atoms with van der Waals surface area (Å²) >= 11 is 1.43. The fourth-order valence-electron chi connectivity index (χ4n) is 1.20. The summed E-state index contributed by atoms with van der Waals surface area (Å²) in [6.07, 6.45) is 1.37. The first-order chi connectivity index (χ1) is 7.29. The lowest BCUT2D eigenvalue weighted by atomic mass is 10.3. The van der Waals surface area contributed by atoms with Crippen molar-refractivity contribution in [2.45, 2.75) is 11.8 Å². The lowest BCUT2D eigenvalue weighted by Crippen LogP contribution is -2.01. The Morgan fingerprint density at radius 3 is 3.07 bits per heavy atom. The number of carbonyl (C=O) groups excluding carboxylic acids is 1. The number of fused-ring (bicyclic) bond motifs is 1. The van der Waals surface area contributed by atoms with Crippen molar-refractivity contribution in [3.63, 3.8) is 0 Å². The van der Waals surface area contributed by atoms with Crippen LogP contribution in [0.15, 0.2) is 40.3 Å². The van der Waals surface area contributed by atoms with Crippen LogP contribution in [-0.4, -0.2) is 12.6 Å². The van der Waals surface area contributed by atoms with Gasteiger partial charge in [0.05, 0.1) is 17.6 Å². The first kappa shape index (κ1) is 10.1. The van der Waals surface area contributed by atoms with E-state index in [1.54, 1.807) is 6.92 Å². The van der Waals surface area contributed by atoms with Gasteiger partial charge in [0.15, 0.2) is 5.09 Å².